The standard InChI is InChI=1S/C12H14N2O3S/c1-18(16,17)14-10(7-13)12(11(14)8-15)9-5-3-2-4-6-9/h2-6,10-12,15H,8H2,1H3/t10-,11+,12-/m1/s1. The van der Waals surface area contributed by atoms with E-state index in [9.17, 15) is 13.5 Å². The summed E-state index contributed by atoms with van der Waals surface area (Å²) >= 11 is 0. The molecule has 0 saturated carbocycles. The van der Waals surface area contributed by atoms with Gasteiger partial charge in [0.1, 0.15) is 6.04 Å². The molecule has 3 atom stereocenters. The first-order valence-electron chi connectivity index (χ1n) is 5.54. The predicted octanol–water partition coefficient (Wildman–Crippen LogP) is 0.298. The van der Waals surface area contributed by atoms with Crippen LogP contribution in [0.15, 0.2) is 30.3 Å². The smallest absolute Gasteiger partial charge is 0.212 e. The van der Waals surface area contributed by atoms with E-state index in [1.54, 1.807) is 0 Å². The molecule has 1 N–H and O–H groups in total. The van der Waals surface area contributed by atoms with E-state index in [2.05, 4.69) is 0 Å². The molecule has 18 heavy (non-hydrogen) atoms. The summed E-state index contributed by atoms with van der Waals surface area (Å²) in [6, 6.07) is 9.93. The molecule has 0 unspecified atom stereocenters. The molecule has 0 spiro atoms. The number of hydrogen-bond donors (Lipinski definition) is 1. The number of nitriles is 1. The molecule has 1 heterocycles. The van der Waals surface area contributed by atoms with Gasteiger partial charge in [0.25, 0.3) is 0 Å². The fourth-order valence-electron chi connectivity index (χ4n) is 2.49. The fourth-order valence-corrected chi connectivity index (χ4v) is 3.78. The van der Waals surface area contributed by atoms with Crippen molar-refractivity contribution in [3.63, 3.8) is 0 Å². The maximum absolute atomic E-state index is 11.6. The molecule has 1 saturated heterocycles. The van der Waals surface area contributed by atoms with Crippen LogP contribution in [0.25, 0.3) is 0 Å². The van der Waals surface area contributed by atoms with Crippen molar-refractivity contribution in [3.8, 4) is 6.07 Å². The molecular weight excluding hydrogens is 252 g/mol. The minimum atomic E-state index is -3.48. The Labute approximate surface area is 106 Å². The van der Waals surface area contributed by atoms with E-state index in [0.29, 0.717) is 0 Å². The Bertz CT molecular complexity index is 565. The number of rotatable bonds is 3. The van der Waals surface area contributed by atoms with Crippen molar-refractivity contribution in [3.05, 3.63) is 35.9 Å². The normalized spacial score (nSPS) is 28.4. The van der Waals surface area contributed by atoms with Gasteiger partial charge in [0.05, 0.1) is 25.0 Å². The summed E-state index contributed by atoms with van der Waals surface area (Å²) in [5.74, 6) is -0.268. The Kier molecular flexibility index (Phi) is 3.39. The molecule has 2 rings (SSSR count). The zero-order valence-electron chi connectivity index (χ0n) is 9.89. The van der Waals surface area contributed by atoms with Gasteiger partial charge < -0.3 is 5.11 Å². The SMILES string of the molecule is CS(=O)(=O)N1[C@H](C#N)[C@@H](c2ccccc2)[C@@H]1CO. The maximum Gasteiger partial charge on any atom is 0.212 e. The van der Waals surface area contributed by atoms with E-state index >= 15 is 0 Å². The first kappa shape index (κ1) is 13.0. The van der Waals surface area contributed by atoms with E-state index in [4.69, 9.17) is 5.26 Å². The lowest BCUT2D eigenvalue weighted by molar-refractivity contribution is 0.0564. The highest BCUT2D eigenvalue weighted by molar-refractivity contribution is 7.88. The third-order valence-corrected chi connectivity index (χ3v) is 4.51. The molecule has 1 aliphatic rings. The number of sulfonamides is 1. The minimum absolute atomic E-state index is 0.268. The average molecular weight is 266 g/mol. The summed E-state index contributed by atoms with van der Waals surface area (Å²) in [5, 5.41) is 18.5. The molecule has 6 heteroatoms. The van der Waals surface area contributed by atoms with Crippen molar-refractivity contribution in [2.24, 2.45) is 0 Å². The lowest BCUT2D eigenvalue weighted by Gasteiger charge is -2.49. The summed E-state index contributed by atoms with van der Waals surface area (Å²) in [7, 11) is -3.48. The molecule has 0 radical (unpaired) electrons. The fraction of sp³-hybridized carbons (Fsp3) is 0.417. The van der Waals surface area contributed by atoms with Gasteiger partial charge in [0.15, 0.2) is 0 Å². The molecule has 96 valence electrons. The highest BCUT2D eigenvalue weighted by Crippen LogP contribution is 2.41. The Balaban J connectivity index is 2.37. The molecule has 0 bridgehead atoms. The molecule has 0 amide bonds. The average Bonchev–Trinajstić information content (AvgIpc) is 2.28. The second kappa shape index (κ2) is 4.69. The predicted molar refractivity (Wildman–Crippen MR) is 66.1 cm³/mol. The minimum Gasteiger partial charge on any atom is -0.395 e. The maximum atomic E-state index is 11.6. The zero-order valence-corrected chi connectivity index (χ0v) is 10.7. The number of aliphatic hydroxyl groups is 1. The van der Waals surface area contributed by atoms with Crippen molar-refractivity contribution in [2.75, 3.05) is 12.9 Å². The third-order valence-electron chi connectivity index (χ3n) is 3.24. The topological polar surface area (TPSA) is 81.4 Å². The van der Waals surface area contributed by atoms with Gasteiger partial charge >= 0.3 is 0 Å². The number of benzene rings is 1. The van der Waals surface area contributed by atoms with Gasteiger partial charge in [-0.15, -0.1) is 0 Å². The molecule has 1 aliphatic heterocycles. The van der Waals surface area contributed by atoms with Crippen molar-refractivity contribution in [1.29, 1.82) is 5.26 Å². The molecule has 1 aromatic rings. The third kappa shape index (κ3) is 2.01. The van der Waals surface area contributed by atoms with E-state index in [1.165, 1.54) is 0 Å². The highest BCUT2D eigenvalue weighted by atomic mass is 32.2. The highest BCUT2D eigenvalue weighted by Gasteiger charge is 2.53. The first-order valence-corrected chi connectivity index (χ1v) is 7.39. The summed E-state index contributed by atoms with van der Waals surface area (Å²) in [6.45, 7) is -0.287. The van der Waals surface area contributed by atoms with Crippen molar-refractivity contribution in [1.82, 2.24) is 4.31 Å². The van der Waals surface area contributed by atoms with Crippen LogP contribution in [0.3, 0.4) is 0 Å². The monoisotopic (exact) mass is 266 g/mol. The van der Waals surface area contributed by atoms with Gasteiger partial charge in [-0.05, 0) is 5.56 Å². The van der Waals surface area contributed by atoms with E-state index in [0.717, 1.165) is 16.1 Å². The van der Waals surface area contributed by atoms with E-state index in [1.807, 2.05) is 36.4 Å². The summed E-state index contributed by atoms with van der Waals surface area (Å²) in [6.07, 6.45) is 1.06. The summed E-state index contributed by atoms with van der Waals surface area (Å²) in [5.41, 5.74) is 0.878. The van der Waals surface area contributed by atoms with E-state index < -0.39 is 22.1 Å². The van der Waals surface area contributed by atoms with Crippen LogP contribution in [0.4, 0.5) is 0 Å². The Morgan fingerprint density at radius 3 is 2.44 bits per heavy atom. The van der Waals surface area contributed by atoms with Crippen LogP contribution >= 0.6 is 0 Å². The Morgan fingerprint density at radius 1 is 1.39 bits per heavy atom. The van der Waals surface area contributed by atoms with Crippen LogP contribution < -0.4 is 0 Å². The van der Waals surface area contributed by atoms with Gasteiger partial charge in [0.2, 0.25) is 10.0 Å². The summed E-state index contributed by atoms with van der Waals surface area (Å²) in [4.78, 5) is 0. The van der Waals surface area contributed by atoms with Crippen LogP contribution in [-0.2, 0) is 10.0 Å². The van der Waals surface area contributed by atoms with Crippen LogP contribution in [-0.4, -0.2) is 42.8 Å². The number of hydrogen-bond acceptors (Lipinski definition) is 4. The lowest BCUT2D eigenvalue weighted by Crippen LogP contribution is -2.64. The largest absolute Gasteiger partial charge is 0.395 e. The zero-order chi connectivity index (χ0) is 13.3. The first-order chi connectivity index (χ1) is 8.50. The van der Waals surface area contributed by atoms with Crippen LogP contribution in [0.5, 0.6) is 0 Å². The second-order valence-electron chi connectivity index (χ2n) is 4.35. The van der Waals surface area contributed by atoms with Crippen molar-refractivity contribution in [2.45, 2.75) is 18.0 Å². The van der Waals surface area contributed by atoms with Crippen LogP contribution in [0.1, 0.15) is 11.5 Å². The molecule has 0 aliphatic carbocycles. The van der Waals surface area contributed by atoms with Gasteiger partial charge in [-0.25, -0.2) is 8.42 Å². The van der Waals surface area contributed by atoms with Gasteiger partial charge in [-0.1, -0.05) is 30.3 Å². The van der Waals surface area contributed by atoms with E-state index in [-0.39, 0.29) is 12.5 Å². The van der Waals surface area contributed by atoms with Crippen LogP contribution in [0, 0.1) is 11.3 Å². The van der Waals surface area contributed by atoms with Crippen molar-refractivity contribution >= 4 is 10.0 Å². The lowest BCUT2D eigenvalue weighted by atomic mass is 9.78. The Morgan fingerprint density at radius 2 is 2.00 bits per heavy atom. The Hall–Kier alpha value is -1.42. The molecule has 1 aromatic carbocycles. The summed E-state index contributed by atoms with van der Waals surface area (Å²) < 4.78 is 24.3. The van der Waals surface area contributed by atoms with Gasteiger partial charge in [-0.2, -0.15) is 9.57 Å². The van der Waals surface area contributed by atoms with Crippen molar-refractivity contribution < 1.29 is 13.5 Å². The quantitative estimate of drug-likeness (QED) is 0.853. The molecule has 1 fully saturated rings. The molecule has 0 aromatic heterocycles. The van der Waals surface area contributed by atoms with Gasteiger partial charge in [-0.3, -0.25) is 0 Å². The molecule has 5 nitrogen and oxygen atoms in total. The van der Waals surface area contributed by atoms with Gasteiger partial charge in [0, 0.05) is 5.92 Å². The number of nitrogens with zero attached hydrogens (tertiary/aromatic N) is 2. The second-order valence-corrected chi connectivity index (χ2v) is 6.24. The van der Waals surface area contributed by atoms with Crippen LogP contribution in [0.2, 0.25) is 0 Å². The number of aliphatic hydroxyl groups excluding tert-OH is 1. The molecular formula is C12H14N2O3S.